The molecule has 3 heteroatoms. The molecule has 2 aliphatic rings. The summed E-state index contributed by atoms with van der Waals surface area (Å²) in [6.45, 7) is 5.64. The van der Waals surface area contributed by atoms with E-state index >= 15 is 0 Å². The van der Waals surface area contributed by atoms with Gasteiger partial charge in [0.2, 0.25) is 0 Å². The predicted molar refractivity (Wildman–Crippen MR) is 91.2 cm³/mol. The number of hydrogen-bond donors (Lipinski definition) is 1. The summed E-state index contributed by atoms with van der Waals surface area (Å²) in [6.07, 6.45) is 6.73. The third kappa shape index (κ3) is 4.99. The Bertz CT molecular complexity index is 433. The summed E-state index contributed by atoms with van der Waals surface area (Å²) in [5.41, 5.74) is 1.41. The molecule has 1 saturated carbocycles. The SMILES string of the molecule is CNCCC1CCN(Cc2ccc(OCC3CC3)cc2)CC1. The quantitative estimate of drug-likeness (QED) is 0.797. The molecule has 2 fully saturated rings. The summed E-state index contributed by atoms with van der Waals surface area (Å²) in [7, 11) is 2.05. The van der Waals surface area contributed by atoms with Crippen LogP contribution in [0.2, 0.25) is 0 Å². The van der Waals surface area contributed by atoms with Gasteiger partial charge in [-0.25, -0.2) is 0 Å². The summed E-state index contributed by atoms with van der Waals surface area (Å²) in [5.74, 6) is 2.77. The van der Waals surface area contributed by atoms with Crippen molar-refractivity contribution in [1.29, 1.82) is 0 Å². The van der Waals surface area contributed by atoms with E-state index in [0.29, 0.717) is 0 Å². The molecule has 0 bridgehead atoms. The van der Waals surface area contributed by atoms with Crippen molar-refractivity contribution in [2.45, 2.75) is 38.6 Å². The number of ether oxygens (including phenoxy) is 1. The molecular weight excluding hydrogens is 272 g/mol. The first kappa shape index (κ1) is 15.8. The summed E-state index contributed by atoms with van der Waals surface area (Å²) >= 11 is 0. The van der Waals surface area contributed by atoms with E-state index in [-0.39, 0.29) is 0 Å². The molecule has 1 aliphatic carbocycles. The molecule has 122 valence electrons. The first-order valence-corrected chi connectivity index (χ1v) is 8.92. The number of nitrogens with zero attached hydrogens (tertiary/aromatic N) is 1. The van der Waals surface area contributed by atoms with Crippen molar-refractivity contribution < 1.29 is 4.74 Å². The fourth-order valence-corrected chi connectivity index (χ4v) is 3.23. The van der Waals surface area contributed by atoms with Crippen molar-refractivity contribution in [2.24, 2.45) is 11.8 Å². The Morgan fingerprint density at radius 1 is 1.05 bits per heavy atom. The molecule has 22 heavy (non-hydrogen) atoms. The van der Waals surface area contributed by atoms with Gasteiger partial charge >= 0.3 is 0 Å². The van der Waals surface area contributed by atoms with Gasteiger partial charge in [-0.3, -0.25) is 4.90 Å². The zero-order valence-electron chi connectivity index (χ0n) is 13.9. The summed E-state index contributed by atoms with van der Waals surface area (Å²) in [4.78, 5) is 2.59. The maximum absolute atomic E-state index is 5.81. The first-order chi connectivity index (χ1) is 10.8. The van der Waals surface area contributed by atoms with Crippen LogP contribution in [-0.2, 0) is 6.54 Å². The zero-order chi connectivity index (χ0) is 15.2. The van der Waals surface area contributed by atoms with Gasteiger partial charge < -0.3 is 10.1 Å². The predicted octanol–water partition coefficient (Wildman–Crippen LogP) is 3.30. The van der Waals surface area contributed by atoms with Crippen LogP contribution in [-0.4, -0.2) is 38.2 Å². The van der Waals surface area contributed by atoms with Crippen LogP contribution in [0.4, 0.5) is 0 Å². The van der Waals surface area contributed by atoms with Crippen LogP contribution in [0.1, 0.15) is 37.7 Å². The van der Waals surface area contributed by atoms with E-state index in [1.165, 1.54) is 50.8 Å². The Kier molecular flexibility index (Phi) is 5.74. The van der Waals surface area contributed by atoms with Gasteiger partial charge in [-0.05, 0) is 88.3 Å². The Labute approximate surface area is 135 Å². The number of likely N-dealkylation sites (tertiary alicyclic amines) is 1. The Morgan fingerprint density at radius 2 is 1.77 bits per heavy atom. The van der Waals surface area contributed by atoms with Crippen LogP contribution in [0, 0.1) is 11.8 Å². The normalized spacial score (nSPS) is 20.2. The molecule has 0 amide bonds. The molecule has 1 saturated heterocycles. The van der Waals surface area contributed by atoms with E-state index in [2.05, 4.69) is 34.5 Å². The van der Waals surface area contributed by atoms with Crippen LogP contribution >= 0.6 is 0 Å². The largest absolute Gasteiger partial charge is 0.493 e. The lowest BCUT2D eigenvalue weighted by Gasteiger charge is -2.32. The number of piperidine rings is 1. The molecule has 1 aromatic carbocycles. The van der Waals surface area contributed by atoms with Crippen molar-refractivity contribution in [3.63, 3.8) is 0 Å². The van der Waals surface area contributed by atoms with Gasteiger partial charge in [0, 0.05) is 6.54 Å². The molecule has 0 spiro atoms. The van der Waals surface area contributed by atoms with Crippen LogP contribution in [0.3, 0.4) is 0 Å². The fraction of sp³-hybridized carbons (Fsp3) is 0.684. The van der Waals surface area contributed by atoms with Crippen molar-refractivity contribution in [3.8, 4) is 5.75 Å². The van der Waals surface area contributed by atoms with E-state index in [9.17, 15) is 0 Å². The third-order valence-corrected chi connectivity index (χ3v) is 5.02. The van der Waals surface area contributed by atoms with Crippen molar-refractivity contribution in [1.82, 2.24) is 10.2 Å². The molecule has 0 unspecified atom stereocenters. The van der Waals surface area contributed by atoms with Gasteiger partial charge in [-0.15, -0.1) is 0 Å². The second-order valence-corrected chi connectivity index (χ2v) is 7.01. The summed E-state index contributed by atoms with van der Waals surface area (Å²) in [6, 6.07) is 8.74. The standard InChI is InChI=1S/C19H30N2O/c1-20-11-8-16-9-12-21(13-10-16)14-17-4-6-19(7-5-17)22-15-18-2-3-18/h4-7,16,18,20H,2-3,8-15H2,1H3. The fourth-order valence-electron chi connectivity index (χ4n) is 3.23. The average molecular weight is 302 g/mol. The van der Waals surface area contributed by atoms with E-state index in [1.54, 1.807) is 0 Å². The second kappa shape index (κ2) is 7.98. The number of benzene rings is 1. The summed E-state index contributed by atoms with van der Waals surface area (Å²) in [5, 5.41) is 3.27. The Hall–Kier alpha value is -1.06. The average Bonchev–Trinajstić information content (AvgIpc) is 3.38. The van der Waals surface area contributed by atoms with E-state index in [0.717, 1.165) is 37.3 Å². The highest BCUT2D eigenvalue weighted by atomic mass is 16.5. The number of hydrogen-bond acceptors (Lipinski definition) is 3. The van der Waals surface area contributed by atoms with Crippen LogP contribution < -0.4 is 10.1 Å². The van der Waals surface area contributed by atoms with Gasteiger partial charge in [-0.2, -0.15) is 0 Å². The van der Waals surface area contributed by atoms with Crippen molar-refractivity contribution >= 4 is 0 Å². The smallest absolute Gasteiger partial charge is 0.119 e. The minimum atomic E-state index is 0.823. The highest BCUT2D eigenvalue weighted by molar-refractivity contribution is 5.27. The van der Waals surface area contributed by atoms with Crippen molar-refractivity contribution in [2.75, 3.05) is 33.3 Å². The lowest BCUT2D eigenvalue weighted by atomic mass is 9.93. The maximum Gasteiger partial charge on any atom is 0.119 e. The lowest BCUT2D eigenvalue weighted by molar-refractivity contribution is 0.172. The Balaban J connectivity index is 1.39. The van der Waals surface area contributed by atoms with Gasteiger partial charge in [0.05, 0.1) is 6.61 Å². The lowest BCUT2D eigenvalue weighted by Crippen LogP contribution is -2.34. The van der Waals surface area contributed by atoms with Crippen LogP contribution in [0.5, 0.6) is 5.75 Å². The molecule has 0 radical (unpaired) electrons. The first-order valence-electron chi connectivity index (χ1n) is 8.92. The number of nitrogens with one attached hydrogen (secondary N) is 1. The monoisotopic (exact) mass is 302 g/mol. The summed E-state index contributed by atoms with van der Waals surface area (Å²) < 4.78 is 5.81. The third-order valence-electron chi connectivity index (χ3n) is 5.02. The second-order valence-electron chi connectivity index (χ2n) is 7.01. The minimum absolute atomic E-state index is 0.823. The Morgan fingerprint density at radius 3 is 2.41 bits per heavy atom. The molecule has 1 N–H and O–H groups in total. The highest BCUT2D eigenvalue weighted by Gasteiger charge is 2.22. The van der Waals surface area contributed by atoms with Gasteiger partial charge in [0.25, 0.3) is 0 Å². The topological polar surface area (TPSA) is 24.5 Å². The maximum atomic E-state index is 5.81. The molecule has 3 rings (SSSR count). The van der Waals surface area contributed by atoms with Gasteiger partial charge in [0.1, 0.15) is 5.75 Å². The zero-order valence-corrected chi connectivity index (χ0v) is 13.9. The van der Waals surface area contributed by atoms with Crippen LogP contribution in [0.25, 0.3) is 0 Å². The molecule has 0 aromatic heterocycles. The molecule has 3 nitrogen and oxygen atoms in total. The van der Waals surface area contributed by atoms with E-state index in [1.807, 2.05) is 7.05 Å². The molecule has 1 aromatic rings. The molecule has 1 aliphatic heterocycles. The molecule has 0 atom stereocenters. The highest BCUT2D eigenvalue weighted by Crippen LogP contribution is 2.29. The van der Waals surface area contributed by atoms with E-state index in [4.69, 9.17) is 4.74 Å². The van der Waals surface area contributed by atoms with Gasteiger partial charge in [-0.1, -0.05) is 12.1 Å². The molecular formula is C19H30N2O. The van der Waals surface area contributed by atoms with E-state index < -0.39 is 0 Å². The minimum Gasteiger partial charge on any atom is -0.493 e. The molecule has 1 heterocycles. The van der Waals surface area contributed by atoms with Crippen LogP contribution in [0.15, 0.2) is 24.3 Å². The van der Waals surface area contributed by atoms with Crippen molar-refractivity contribution in [3.05, 3.63) is 29.8 Å². The van der Waals surface area contributed by atoms with Gasteiger partial charge in [0.15, 0.2) is 0 Å². The number of rotatable bonds is 8.